The van der Waals surface area contributed by atoms with Crippen LogP contribution in [0.3, 0.4) is 0 Å². The van der Waals surface area contributed by atoms with Crippen molar-refractivity contribution < 1.29 is 9.59 Å². The van der Waals surface area contributed by atoms with Gasteiger partial charge in [0.2, 0.25) is 5.91 Å². The van der Waals surface area contributed by atoms with Crippen molar-refractivity contribution >= 4 is 29.1 Å². The van der Waals surface area contributed by atoms with Crippen LogP contribution in [-0.4, -0.2) is 37.1 Å². The van der Waals surface area contributed by atoms with Gasteiger partial charge in [0.15, 0.2) is 5.82 Å². The quantitative estimate of drug-likeness (QED) is 0.789. The van der Waals surface area contributed by atoms with Gasteiger partial charge in [0.25, 0.3) is 0 Å². The monoisotopic (exact) mass is 353 g/mol. The summed E-state index contributed by atoms with van der Waals surface area (Å²) in [4.78, 5) is 30.6. The zero-order valence-electron chi connectivity index (χ0n) is 14.7. The van der Waals surface area contributed by atoms with Crippen molar-refractivity contribution in [2.45, 2.75) is 12.8 Å². The highest BCUT2D eigenvalue weighted by Gasteiger charge is 2.26. The van der Waals surface area contributed by atoms with Crippen LogP contribution in [0.2, 0.25) is 0 Å². The Morgan fingerprint density at radius 1 is 1.04 bits per heavy atom. The van der Waals surface area contributed by atoms with Gasteiger partial charge in [-0.3, -0.25) is 4.79 Å². The molecule has 0 unspecified atom stereocenters. The topological polar surface area (TPSA) is 86.4 Å². The van der Waals surface area contributed by atoms with E-state index in [-0.39, 0.29) is 17.9 Å². The predicted octanol–water partition coefficient (Wildman–Crippen LogP) is 2.69. The van der Waals surface area contributed by atoms with E-state index in [0.29, 0.717) is 5.69 Å². The van der Waals surface area contributed by atoms with Gasteiger partial charge in [-0.2, -0.15) is 0 Å². The number of nitrogens with zero attached hydrogens (tertiary/aromatic N) is 2. The second-order valence-corrected chi connectivity index (χ2v) is 6.20. The number of amides is 3. The van der Waals surface area contributed by atoms with Crippen LogP contribution in [-0.2, 0) is 4.79 Å². The number of piperidine rings is 1. The molecule has 1 aliphatic heterocycles. The van der Waals surface area contributed by atoms with E-state index in [9.17, 15) is 9.59 Å². The highest BCUT2D eigenvalue weighted by molar-refractivity contribution is 6.01. The van der Waals surface area contributed by atoms with Crippen molar-refractivity contribution in [3.05, 3.63) is 48.7 Å². The van der Waals surface area contributed by atoms with E-state index in [4.69, 9.17) is 0 Å². The Bertz CT molecular complexity index is 758. The second kappa shape index (κ2) is 8.33. The maximum atomic E-state index is 12.3. The standard InChI is InChI=1S/C19H23N5O2/c1-20-18(25)14-9-12-24(13-10-14)17-16(8-5-11-21-17)23-19(26)22-15-6-3-2-4-7-15/h2-8,11,14H,9-10,12-13H2,1H3,(H,20,25)(H2,22,23,26). The molecule has 0 atom stereocenters. The van der Waals surface area contributed by atoms with Crippen molar-refractivity contribution in [3.63, 3.8) is 0 Å². The first-order chi connectivity index (χ1) is 12.7. The first-order valence-corrected chi connectivity index (χ1v) is 8.72. The number of urea groups is 1. The summed E-state index contributed by atoms with van der Waals surface area (Å²) in [7, 11) is 1.67. The lowest BCUT2D eigenvalue weighted by Crippen LogP contribution is -2.40. The number of carbonyl (C=O) groups is 2. The lowest BCUT2D eigenvalue weighted by molar-refractivity contribution is -0.125. The van der Waals surface area contributed by atoms with Crippen LogP contribution in [0.4, 0.5) is 22.0 Å². The normalized spacial score (nSPS) is 14.6. The lowest BCUT2D eigenvalue weighted by Gasteiger charge is -2.33. The third kappa shape index (κ3) is 4.30. The molecule has 0 aliphatic carbocycles. The zero-order valence-corrected chi connectivity index (χ0v) is 14.7. The summed E-state index contributed by atoms with van der Waals surface area (Å²) in [6.45, 7) is 1.45. The van der Waals surface area contributed by atoms with E-state index in [1.807, 2.05) is 36.4 Å². The van der Waals surface area contributed by atoms with E-state index < -0.39 is 0 Å². The maximum absolute atomic E-state index is 12.3. The zero-order chi connectivity index (χ0) is 18.4. The van der Waals surface area contributed by atoms with E-state index in [1.54, 1.807) is 19.3 Å². The Kier molecular flexibility index (Phi) is 5.68. The average Bonchev–Trinajstić information content (AvgIpc) is 2.68. The number of pyridine rings is 1. The van der Waals surface area contributed by atoms with Crippen LogP contribution < -0.4 is 20.9 Å². The molecule has 0 bridgehead atoms. The molecule has 0 saturated carbocycles. The number of rotatable bonds is 4. The van der Waals surface area contributed by atoms with E-state index in [1.165, 1.54) is 0 Å². The van der Waals surface area contributed by atoms with Gasteiger partial charge >= 0.3 is 6.03 Å². The molecule has 0 spiro atoms. The van der Waals surface area contributed by atoms with Gasteiger partial charge < -0.3 is 20.9 Å². The van der Waals surface area contributed by atoms with E-state index >= 15 is 0 Å². The SMILES string of the molecule is CNC(=O)C1CCN(c2ncccc2NC(=O)Nc2ccccc2)CC1. The van der Waals surface area contributed by atoms with E-state index in [2.05, 4.69) is 25.8 Å². The molecule has 1 fully saturated rings. The van der Waals surface area contributed by atoms with Gasteiger partial charge in [0.1, 0.15) is 0 Å². The van der Waals surface area contributed by atoms with Crippen LogP contribution in [0.1, 0.15) is 12.8 Å². The first-order valence-electron chi connectivity index (χ1n) is 8.72. The fourth-order valence-electron chi connectivity index (χ4n) is 3.11. The molecular weight excluding hydrogens is 330 g/mol. The minimum Gasteiger partial charge on any atom is -0.359 e. The fraction of sp³-hybridized carbons (Fsp3) is 0.316. The molecule has 26 heavy (non-hydrogen) atoms. The van der Waals surface area contributed by atoms with Crippen molar-refractivity contribution in [2.24, 2.45) is 5.92 Å². The number of carbonyl (C=O) groups excluding carboxylic acids is 2. The highest BCUT2D eigenvalue weighted by atomic mass is 16.2. The molecule has 7 nitrogen and oxygen atoms in total. The Hall–Kier alpha value is -3.09. The Labute approximate surface area is 152 Å². The lowest BCUT2D eigenvalue weighted by atomic mass is 9.96. The van der Waals surface area contributed by atoms with Gasteiger partial charge in [0, 0.05) is 37.9 Å². The van der Waals surface area contributed by atoms with Crippen LogP contribution in [0.5, 0.6) is 0 Å². The molecule has 136 valence electrons. The Morgan fingerprint density at radius 2 is 1.77 bits per heavy atom. The molecular formula is C19H23N5O2. The van der Waals surface area contributed by atoms with Gasteiger partial charge in [-0.05, 0) is 37.1 Å². The number of para-hydroxylation sites is 1. The third-order valence-electron chi connectivity index (χ3n) is 4.48. The summed E-state index contributed by atoms with van der Waals surface area (Å²) in [5, 5.41) is 8.38. The summed E-state index contributed by atoms with van der Waals surface area (Å²) in [6.07, 6.45) is 3.25. The van der Waals surface area contributed by atoms with Crippen molar-refractivity contribution in [3.8, 4) is 0 Å². The predicted molar refractivity (Wildman–Crippen MR) is 102 cm³/mol. The number of hydrogen-bond donors (Lipinski definition) is 3. The van der Waals surface area contributed by atoms with Crippen molar-refractivity contribution in [1.82, 2.24) is 10.3 Å². The maximum Gasteiger partial charge on any atom is 0.323 e. The molecule has 1 saturated heterocycles. The van der Waals surface area contributed by atoms with Crippen molar-refractivity contribution in [2.75, 3.05) is 35.7 Å². The molecule has 2 heterocycles. The minimum atomic E-state index is -0.314. The number of nitrogens with one attached hydrogen (secondary N) is 3. The average molecular weight is 353 g/mol. The molecule has 3 amide bonds. The summed E-state index contributed by atoms with van der Waals surface area (Å²) in [5.74, 6) is 0.857. The Morgan fingerprint density at radius 3 is 2.46 bits per heavy atom. The van der Waals surface area contributed by atoms with Crippen molar-refractivity contribution in [1.29, 1.82) is 0 Å². The number of benzene rings is 1. The first kappa shape index (κ1) is 17.7. The molecule has 2 aromatic rings. The molecule has 0 radical (unpaired) electrons. The Balaban J connectivity index is 1.65. The number of hydrogen-bond acceptors (Lipinski definition) is 4. The van der Waals surface area contributed by atoms with Gasteiger partial charge in [-0.15, -0.1) is 0 Å². The highest BCUT2D eigenvalue weighted by Crippen LogP contribution is 2.28. The summed E-state index contributed by atoms with van der Waals surface area (Å²) >= 11 is 0. The molecule has 3 rings (SSSR count). The van der Waals surface area contributed by atoms with Gasteiger partial charge in [-0.25, -0.2) is 9.78 Å². The largest absolute Gasteiger partial charge is 0.359 e. The number of aromatic nitrogens is 1. The third-order valence-corrected chi connectivity index (χ3v) is 4.48. The smallest absolute Gasteiger partial charge is 0.323 e. The van der Waals surface area contributed by atoms with Crippen LogP contribution in [0, 0.1) is 5.92 Å². The molecule has 1 aliphatic rings. The van der Waals surface area contributed by atoms with E-state index in [0.717, 1.165) is 37.4 Å². The van der Waals surface area contributed by atoms with Gasteiger partial charge in [0.05, 0.1) is 5.69 Å². The van der Waals surface area contributed by atoms with Gasteiger partial charge in [-0.1, -0.05) is 18.2 Å². The fourth-order valence-corrected chi connectivity index (χ4v) is 3.11. The molecule has 1 aromatic carbocycles. The molecule has 3 N–H and O–H groups in total. The molecule has 1 aromatic heterocycles. The van der Waals surface area contributed by atoms with Crippen LogP contribution >= 0.6 is 0 Å². The summed E-state index contributed by atoms with van der Waals surface area (Å²) in [6, 6.07) is 12.6. The van der Waals surface area contributed by atoms with Crippen LogP contribution in [0.25, 0.3) is 0 Å². The summed E-state index contributed by atoms with van der Waals surface area (Å²) < 4.78 is 0. The molecule has 7 heteroatoms. The van der Waals surface area contributed by atoms with Crippen LogP contribution in [0.15, 0.2) is 48.7 Å². The summed E-state index contributed by atoms with van der Waals surface area (Å²) in [5.41, 5.74) is 1.38. The number of anilines is 3. The minimum absolute atomic E-state index is 0.0396. The second-order valence-electron chi connectivity index (χ2n) is 6.20.